The Bertz CT molecular complexity index is 180. The molecule has 0 aromatic heterocycles. The molecule has 2 aliphatic rings. The van der Waals surface area contributed by atoms with Crippen molar-refractivity contribution >= 4 is 0 Å². The molecule has 2 nitrogen and oxygen atoms in total. The van der Waals surface area contributed by atoms with E-state index in [0.29, 0.717) is 6.23 Å². The van der Waals surface area contributed by atoms with Gasteiger partial charge < -0.3 is 9.64 Å². The molecule has 2 aliphatic heterocycles. The Morgan fingerprint density at radius 1 is 1.36 bits per heavy atom. The molecule has 0 aliphatic carbocycles. The van der Waals surface area contributed by atoms with Gasteiger partial charge in [-0.2, -0.15) is 0 Å². The highest BCUT2D eigenvalue weighted by Gasteiger charge is 2.20. The summed E-state index contributed by atoms with van der Waals surface area (Å²) >= 11 is 0. The van der Waals surface area contributed by atoms with Gasteiger partial charge >= 0.3 is 0 Å². The molecule has 2 rings (SSSR count). The van der Waals surface area contributed by atoms with Crippen LogP contribution in [0.25, 0.3) is 0 Å². The lowest BCUT2D eigenvalue weighted by atomic mass is 10.3. The predicted molar refractivity (Wildman–Crippen MR) is 44.0 cm³/mol. The van der Waals surface area contributed by atoms with Crippen molar-refractivity contribution < 1.29 is 4.74 Å². The standard InChI is InChI=1S/C9H13NO/c1-2-6-10(7-3-1)9-5-4-8-11-9/h1-3,6,9H,4-5,7-8H2. The summed E-state index contributed by atoms with van der Waals surface area (Å²) in [5.41, 5.74) is 0. The van der Waals surface area contributed by atoms with E-state index in [1.54, 1.807) is 0 Å². The van der Waals surface area contributed by atoms with E-state index in [0.717, 1.165) is 13.2 Å². The van der Waals surface area contributed by atoms with Crippen LogP contribution in [-0.2, 0) is 4.74 Å². The van der Waals surface area contributed by atoms with Crippen LogP contribution in [0.4, 0.5) is 0 Å². The number of ether oxygens (including phenoxy) is 1. The van der Waals surface area contributed by atoms with Gasteiger partial charge in [0.15, 0.2) is 0 Å². The first-order chi connectivity index (χ1) is 5.47. The molecular formula is C9H13NO. The van der Waals surface area contributed by atoms with E-state index >= 15 is 0 Å². The van der Waals surface area contributed by atoms with Gasteiger partial charge in [-0.05, 0) is 18.9 Å². The largest absolute Gasteiger partial charge is 0.358 e. The molecule has 1 fully saturated rings. The second kappa shape index (κ2) is 3.09. The number of allylic oxidation sites excluding steroid dienone is 2. The number of hydrogen-bond acceptors (Lipinski definition) is 2. The SMILES string of the molecule is C1=CCN(C2CCCO2)C=C1. The molecule has 60 valence electrons. The molecule has 2 heteroatoms. The minimum Gasteiger partial charge on any atom is -0.358 e. The summed E-state index contributed by atoms with van der Waals surface area (Å²) in [5, 5.41) is 0. The normalized spacial score (nSPS) is 29.8. The Kier molecular flexibility index (Phi) is 1.95. The van der Waals surface area contributed by atoms with Gasteiger partial charge in [-0.25, -0.2) is 0 Å². The Hall–Kier alpha value is -0.760. The molecule has 0 aromatic rings. The summed E-state index contributed by atoms with van der Waals surface area (Å²) < 4.78 is 5.53. The first kappa shape index (κ1) is 6.92. The highest BCUT2D eigenvalue weighted by atomic mass is 16.5. The molecule has 0 radical (unpaired) electrons. The highest BCUT2D eigenvalue weighted by Crippen LogP contribution is 2.17. The van der Waals surface area contributed by atoms with Crippen molar-refractivity contribution in [2.24, 2.45) is 0 Å². The van der Waals surface area contributed by atoms with Gasteiger partial charge in [0, 0.05) is 19.4 Å². The zero-order valence-electron chi connectivity index (χ0n) is 6.57. The molecule has 0 spiro atoms. The fourth-order valence-corrected chi connectivity index (χ4v) is 1.52. The topological polar surface area (TPSA) is 12.5 Å². The van der Waals surface area contributed by atoms with Crippen molar-refractivity contribution in [1.82, 2.24) is 4.90 Å². The molecule has 1 saturated heterocycles. The summed E-state index contributed by atoms with van der Waals surface area (Å²) in [5.74, 6) is 0. The van der Waals surface area contributed by atoms with Crippen molar-refractivity contribution in [3.8, 4) is 0 Å². The molecule has 1 unspecified atom stereocenters. The first-order valence-corrected chi connectivity index (χ1v) is 4.17. The minimum atomic E-state index is 0.344. The van der Waals surface area contributed by atoms with Crippen molar-refractivity contribution in [2.45, 2.75) is 19.1 Å². The fraction of sp³-hybridized carbons (Fsp3) is 0.556. The van der Waals surface area contributed by atoms with Crippen LogP contribution in [-0.4, -0.2) is 24.3 Å². The third-order valence-corrected chi connectivity index (χ3v) is 2.12. The molecular weight excluding hydrogens is 138 g/mol. The lowest BCUT2D eigenvalue weighted by molar-refractivity contribution is 0.0130. The maximum Gasteiger partial charge on any atom is 0.130 e. The van der Waals surface area contributed by atoms with Gasteiger partial charge in [0.1, 0.15) is 6.23 Å². The van der Waals surface area contributed by atoms with Crippen LogP contribution in [0.3, 0.4) is 0 Å². The van der Waals surface area contributed by atoms with Crippen LogP contribution in [0.2, 0.25) is 0 Å². The summed E-state index contributed by atoms with van der Waals surface area (Å²) in [6, 6.07) is 0. The van der Waals surface area contributed by atoms with Crippen LogP contribution in [0, 0.1) is 0 Å². The van der Waals surface area contributed by atoms with Crippen molar-refractivity contribution in [3.63, 3.8) is 0 Å². The number of nitrogens with zero attached hydrogens (tertiary/aromatic N) is 1. The number of hydrogen-bond donors (Lipinski definition) is 0. The lowest BCUT2D eigenvalue weighted by Crippen LogP contribution is -2.30. The highest BCUT2D eigenvalue weighted by molar-refractivity contribution is 5.09. The van der Waals surface area contributed by atoms with E-state index in [9.17, 15) is 0 Å². The van der Waals surface area contributed by atoms with E-state index in [1.807, 2.05) is 0 Å². The fourth-order valence-electron chi connectivity index (χ4n) is 1.52. The van der Waals surface area contributed by atoms with E-state index in [-0.39, 0.29) is 0 Å². The average molecular weight is 151 g/mol. The van der Waals surface area contributed by atoms with E-state index in [4.69, 9.17) is 4.74 Å². The van der Waals surface area contributed by atoms with Gasteiger partial charge in [0.05, 0.1) is 0 Å². The molecule has 1 atom stereocenters. The van der Waals surface area contributed by atoms with Crippen LogP contribution in [0.15, 0.2) is 24.4 Å². The Balaban J connectivity index is 1.94. The molecule has 11 heavy (non-hydrogen) atoms. The van der Waals surface area contributed by atoms with Gasteiger partial charge in [-0.3, -0.25) is 0 Å². The smallest absolute Gasteiger partial charge is 0.130 e. The molecule has 0 aromatic carbocycles. The first-order valence-electron chi connectivity index (χ1n) is 4.17. The molecule has 0 N–H and O–H groups in total. The van der Waals surface area contributed by atoms with Crippen LogP contribution >= 0.6 is 0 Å². The monoisotopic (exact) mass is 151 g/mol. The van der Waals surface area contributed by atoms with Crippen molar-refractivity contribution in [2.75, 3.05) is 13.2 Å². The van der Waals surface area contributed by atoms with Crippen LogP contribution in [0.1, 0.15) is 12.8 Å². The van der Waals surface area contributed by atoms with Gasteiger partial charge in [0.25, 0.3) is 0 Å². The molecule has 2 heterocycles. The molecule has 0 saturated carbocycles. The summed E-state index contributed by atoms with van der Waals surface area (Å²) in [6.45, 7) is 1.93. The Morgan fingerprint density at radius 2 is 2.36 bits per heavy atom. The van der Waals surface area contributed by atoms with Gasteiger partial charge in [-0.15, -0.1) is 0 Å². The van der Waals surface area contributed by atoms with Crippen LogP contribution in [0.5, 0.6) is 0 Å². The summed E-state index contributed by atoms with van der Waals surface area (Å²) in [4.78, 5) is 2.24. The van der Waals surface area contributed by atoms with E-state index in [2.05, 4.69) is 29.3 Å². The van der Waals surface area contributed by atoms with Gasteiger partial charge in [0.2, 0.25) is 0 Å². The van der Waals surface area contributed by atoms with Crippen molar-refractivity contribution in [1.29, 1.82) is 0 Å². The maximum absolute atomic E-state index is 5.53. The minimum absolute atomic E-state index is 0.344. The molecule has 0 bridgehead atoms. The van der Waals surface area contributed by atoms with Crippen molar-refractivity contribution in [3.05, 3.63) is 24.4 Å². The second-order valence-corrected chi connectivity index (χ2v) is 2.93. The maximum atomic E-state index is 5.53. The van der Waals surface area contributed by atoms with Gasteiger partial charge in [-0.1, -0.05) is 12.2 Å². The average Bonchev–Trinajstić information content (AvgIpc) is 2.58. The second-order valence-electron chi connectivity index (χ2n) is 2.93. The van der Waals surface area contributed by atoms with Crippen LogP contribution < -0.4 is 0 Å². The third-order valence-electron chi connectivity index (χ3n) is 2.12. The molecule has 0 amide bonds. The number of rotatable bonds is 1. The third kappa shape index (κ3) is 1.46. The zero-order valence-corrected chi connectivity index (χ0v) is 6.57. The quantitative estimate of drug-likeness (QED) is 0.563. The van der Waals surface area contributed by atoms with E-state index in [1.165, 1.54) is 12.8 Å². The lowest BCUT2D eigenvalue weighted by Gasteiger charge is -2.26. The summed E-state index contributed by atoms with van der Waals surface area (Å²) in [7, 11) is 0. The summed E-state index contributed by atoms with van der Waals surface area (Å²) in [6.07, 6.45) is 11.1. The predicted octanol–water partition coefficient (Wildman–Crippen LogP) is 1.51. The Labute approximate surface area is 67.1 Å². The van der Waals surface area contributed by atoms with E-state index < -0.39 is 0 Å². The zero-order chi connectivity index (χ0) is 7.52. The Morgan fingerprint density at radius 3 is 3.00 bits per heavy atom.